The molecule has 0 amide bonds. The molecule has 6 heteroatoms. The standard InChI is InChI=1S/C19H19FN2O2S/c1-14-6-8-18(9-7-14)25(23,24)22-13-15(12-21-2)10-19(22)16-4-3-5-17(20)11-16/h3-11,13,21H,12H2,1-2H3. The summed E-state index contributed by atoms with van der Waals surface area (Å²) in [6, 6.07) is 14.4. The maximum Gasteiger partial charge on any atom is 0.268 e. The first-order chi connectivity index (χ1) is 11.9. The number of benzene rings is 2. The molecule has 2 aromatic carbocycles. The van der Waals surface area contributed by atoms with E-state index in [1.54, 1.807) is 55.7 Å². The fourth-order valence-corrected chi connectivity index (χ4v) is 4.08. The molecule has 0 spiro atoms. The molecule has 0 atom stereocenters. The maximum absolute atomic E-state index is 13.6. The highest BCUT2D eigenvalue weighted by Gasteiger charge is 2.21. The number of hydrogen-bond donors (Lipinski definition) is 1. The van der Waals surface area contributed by atoms with Crippen LogP contribution < -0.4 is 5.32 Å². The Bertz CT molecular complexity index is 993. The normalized spacial score (nSPS) is 11.6. The summed E-state index contributed by atoms with van der Waals surface area (Å²) in [5, 5.41) is 3.00. The molecule has 0 unspecified atom stereocenters. The summed E-state index contributed by atoms with van der Waals surface area (Å²) in [6.45, 7) is 2.41. The molecule has 0 fully saturated rings. The Morgan fingerprint density at radius 3 is 2.44 bits per heavy atom. The van der Waals surface area contributed by atoms with Crippen molar-refractivity contribution in [3.8, 4) is 11.3 Å². The van der Waals surface area contributed by atoms with Crippen LogP contribution in [0, 0.1) is 12.7 Å². The van der Waals surface area contributed by atoms with Gasteiger partial charge in [0.2, 0.25) is 0 Å². The summed E-state index contributed by atoms with van der Waals surface area (Å²) in [5.74, 6) is -0.409. The highest BCUT2D eigenvalue weighted by atomic mass is 32.2. The van der Waals surface area contributed by atoms with Crippen LogP contribution >= 0.6 is 0 Å². The number of aryl methyl sites for hydroxylation is 1. The lowest BCUT2D eigenvalue weighted by Gasteiger charge is -2.11. The van der Waals surface area contributed by atoms with Gasteiger partial charge in [0.15, 0.2) is 0 Å². The number of nitrogens with one attached hydrogen (secondary N) is 1. The van der Waals surface area contributed by atoms with E-state index in [-0.39, 0.29) is 4.90 Å². The van der Waals surface area contributed by atoms with E-state index in [0.29, 0.717) is 17.8 Å². The van der Waals surface area contributed by atoms with E-state index in [1.165, 1.54) is 16.1 Å². The van der Waals surface area contributed by atoms with Crippen LogP contribution in [0.15, 0.2) is 65.7 Å². The molecule has 1 N–H and O–H groups in total. The SMILES string of the molecule is CNCc1cc(-c2cccc(F)c2)n(S(=O)(=O)c2ccc(C)cc2)c1. The lowest BCUT2D eigenvalue weighted by molar-refractivity contribution is 0.587. The van der Waals surface area contributed by atoms with Gasteiger partial charge in [-0.2, -0.15) is 0 Å². The Balaban J connectivity index is 2.19. The minimum Gasteiger partial charge on any atom is -0.316 e. The van der Waals surface area contributed by atoms with E-state index in [9.17, 15) is 12.8 Å². The molecule has 3 rings (SSSR count). The first-order valence-corrected chi connectivity index (χ1v) is 9.30. The molecular weight excluding hydrogens is 339 g/mol. The van der Waals surface area contributed by atoms with Crippen molar-refractivity contribution in [2.75, 3.05) is 7.05 Å². The van der Waals surface area contributed by atoms with E-state index in [0.717, 1.165) is 11.1 Å². The van der Waals surface area contributed by atoms with Crippen molar-refractivity contribution in [3.05, 3.63) is 77.7 Å². The topological polar surface area (TPSA) is 51.1 Å². The van der Waals surface area contributed by atoms with Gasteiger partial charge in [-0.3, -0.25) is 0 Å². The third-order valence-corrected chi connectivity index (χ3v) is 5.61. The van der Waals surface area contributed by atoms with Crippen molar-refractivity contribution in [3.63, 3.8) is 0 Å². The van der Waals surface area contributed by atoms with Crippen molar-refractivity contribution < 1.29 is 12.8 Å². The molecule has 0 aliphatic carbocycles. The number of aromatic nitrogens is 1. The maximum atomic E-state index is 13.6. The van der Waals surface area contributed by atoms with E-state index in [4.69, 9.17) is 0 Å². The Morgan fingerprint density at radius 1 is 1.08 bits per heavy atom. The van der Waals surface area contributed by atoms with Crippen molar-refractivity contribution in [1.29, 1.82) is 0 Å². The van der Waals surface area contributed by atoms with Crippen molar-refractivity contribution in [2.24, 2.45) is 0 Å². The molecule has 0 saturated carbocycles. The first kappa shape index (κ1) is 17.4. The fraction of sp³-hybridized carbons (Fsp3) is 0.158. The molecule has 3 aromatic rings. The average molecular weight is 358 g/mol. The van der Waals surface area contributed by atoms with Gasteiger partial charge >= 0.3 is 0 Å². The predicted molar refractivity (Wildman–Crippen MR) is 96.4 cm³/mol. The summed E-state index contributed by atoms with van der Waals surface area (Å²) in [4.78, 5) is 0.197. The van der Waals surface area contributed by atoms with E-state index in [1.807, 2.05) is 6.92 Å². The Kier molecular flexibility index (Phi) is 4.74. The molecule has 1 aromatic heterocycles. The largest absolute Gasteiger partial charge is 0.316 e. The van der Waals surface area contributed by atoms with Gasteiger partial charge < -0.3 is 5.32 Å². The average Bonchev–Trinajstić information content (AvgIpc) is 3.00. The molecule has 25 heavy (non-hydrogen) atoms. The Labute approximate surface area is 147 Å². The Hall–Kier alpha value is -2.44. The van der Waals surface area contributed by atoms with Crippen molar-refractivity contribution >= 4 is 10.0 Å². The Morgan fingerprint density at radius 2 is 1.80 bits per heavy atom. The lowest BCUT2D eigenvalue weighted by atomic mass is 10.1. The van der Waals surface area contributed by atoms with Crippen LogP contribution in [0.5, 0.6) is 0 Å². The first-order valence-electron chi connectivity index (χ1n) is 7.86. The summed E-state index contributed by atoms with van der Waals surface area (Å²) in [7, 11) is -1.99. The summed E-state index contributed by atoms with van der Waals surface area (Å²) in [5.41, 5.74) is 2.73. The molecule has 0 radical (unpaired) electrons. The van der Waals surface area contributed by atoms with Crippen LogP contribution in [0.2, 0.25) is 0 Å². The third-order valence-electron chi connectivity index (χ3n) is 3.92. The highest BCUT2D eigenvalue weighted by Crippen LogP contribution is 2.27. The van der Waals surface area contributed by atoms with Gasteiger partial charge in [-0.1, -0.05) is 29.8 Å². The molecular formula is C19H19FN2O2S. The van der Waals surface area contributed by atoms with Crippen LogP contribution in [-0.4, -0.2) is 19.4 Å². The predicted octanol–water partition coefficient (Wildman–Crippen LogP) is 3.56. The smallest absolute Gasteiger partial charge is 0.268 e. The van der Waals surface area contributed by atoms with Gasteiger partial charge in [0, 0.05) is 18.3 Å². The van der Waals surface area contributed by atoms with Crippen molar-refractivity contribution in [2.45, 2.75) is 18.4 Å². The van der Waals surface area contributed by atoms with Crippen LogP contribution in [0.3, 0.4) is 0 Å². The molecule has 0 aliphatic heterocycles. The molecule has 0 bridgehead atoms. The number of nitrogens with zero attached hydrogens (tertiary/aromatic N) is 1. The van der Waals surface area contributed by atoms with Crippen LogP contribution in [0.1, 0.15) is 11.1 Å². The van der Waals surface area contributed by atoms with Gasteiger partial charge in [-0.25, -0.2) is 16.8 Å². The zero-order chi connectivity index (χ0) is 18.0. The van der Waals surface area contributed by atoms with E-state index >= 15 is 0 Å². The van der Waals surface area contributed by atoms with Gasteiger partial charge in [-0.15, -0.1) is 0 Å². The number of halogens is 1. The number of rotatable bonds is 5. The minimum atomic E-state index is -3.78. The van der Waals surface area contributed by atoms with Gasteiger partial charge in [-0.05, 0) is 49.9 Å². The van der Waals surface area contributed by atoms with E-state index < -0.39 is 15.8 Å². The van der Waals surface area contributed by atoms with E-state index in [2.05, 4.69) is 5.32 Å². The second-order valence-electron chi connectivity index (χ2n) is 5.89. The zero-order valence-corrected chi connectivity index (χ0v) is 14.8. The van der Waals surface area contributed by atoms with Crippen molar-refractivity contribution in [1.82, 2.24) is 9.29 Å². The molecule has 130 valence electrons. The second kappa shape index (κ2) is 6.82. The minimum absolute atomic E-state index is 0.197. The molecule has 0 aliphatic rings. The monoisotopic (exact) mass is 358 g/mol. The summed E-state index contributed by atoms with van der Waals surface area (Å²) >= 11 is 0. The summed E-state index contributed by atoms with van der Waals surface area (Å²) < 4.78 is 41.0. The fourth-order valence-electron chi connectivity index (χ4n) is 2.68. The van der Waals surface area contributed by atoms with Gasteiger partial charge in [0.25, 0.3) is 10.0 Å². The zero-order valence-electron chi connectivity index (χ0n) is 14.0. The van der Waals surface area contributed by atoms with Gasteiger partial charge in [0.05, 0.1) is 10.6 Å². The quantitative estimate of drug-likeness (QED) is 0.759. The lowest BCUT2D eigenvalue weighted by Crippen LogP contribution is -2.13. The third kappa shape index (κ3) is 3.50. The van der Waals surface area contributed by atoms with Crippen LogP contribution in [0.25, 0.3) is 11.3 Å². The number of hydrogen-bond acceptors (Lipinski definition) is 3. The molecule has 4 nitrogen and oxygen atoms in total. The summed E-state index contributed by atoms with van der Waals surface area (Å²) in [6.07, 6.45) is 1.58. The van der Waals surface area contributed by atoms with Gasteiger partial charge in [0.1, 0.15) is 5.82 Å². The highest BCUT2D eigenvalue weighted by molar-refractivity contribution is 7.90. The second-order valence-corrected chi connectivity index (χ2v) is 7.70. The van der Waals surface area contributed by atoms with Crippen LogP contribution in [0.4, 0.5) is 4.39 Å². The molecule has 0 saturated heterocycles. The van der Waals surface area contributed by atoms with Crippen LogP contribution in [-0.2, 0) is 16.6 Å². The molecule has 1 heterocycles.